The molecular weight excluding hydrogens is 290 g/mol. The minimum Gasteiger partial charge on any atom is -0.492 e. The molecule has 0 fully saturated rings. The van der Waals surface area contributed by atoms with Crippen molar-refractivity contribution in [2.75, 3.05) is 19.7 Å². The zero-order valence-corrected chi connectivity index (χ0v) is 13.1. The average Bonchev–Trinajstić information content (AvgIpc) is 2.36. The summed E-state index contributed by atoms with van der Waals surface area (Å²) >= 11 is 3.46. The molecule has 0 radical (unpaired) electrons. The van der Waals surface area contributed by atoms with Crippen LogP contribution in [0, 0.1) is 6.92 Å². The molecule has 0 bridgehead atoms. The van der Waals surface area contributed by atoms with Crippen LogP contribution in [0.5, 0.6) is 5.75 Å². The fourth-order valence-corrected chi connectivity index (χ4v) is 2.10. The molecule has 1 aromatic carbocycles. The van der Waals surface area contributed by atoms with Crippen LogP contribution in [0.1, 0.15) is 38.2 Å². The molecule has 3 heteroatoms. The highest BCUT2D eigenvalue weighted by molar-refractivity contribution is 9.10. The van der Waals surface area contributed by atoms with Crippen molar-refractivity contribution in [1.82, 2.24) is 5.32 Å². The molecule has 0 aromatic heterocycles. The Morgan fingerprint density at radius 3 is 2.78 bits per heavy atom. The number of halogens is 1. The number of aryl methyl sites for hydroxylation is 1. The Morgan fingerprint density at radius 1 is 1.17 bits per heavy atom. The van der Waals surface area contributed by atoms with Gasteiger partial charge in [0.1, 0.15) is 12.4 Å². The van der Waals surface area contributed by atoms with Gasteiger partial charge in [0.05, 0.1) is 0 Å². The van der Waals surface area contributed by atoms with E-state index in [0.29, 0.717) is 0 Å². The van der Waals surface area contributed by atoms with Gasteiger partial charge >= 0.3 is 0 Å². The van der Waals surface area contributed by atoms with Crippen molar-refractivity contribution in [3.63, 3.8) is 0 Å². The molecule has 0 aliphatic heterocycles. The van der Waals surface area contributed by atoms with Crippen molar-refractivity contribution < 1.29 is 4.74 Å². The number of unbranched alkanes of at least 4 members (excludes halogenated alkanes) is 3. The largest absolute Gasteiger partial charge is 0.492 e. The lowest BCUT2D eigenvalue weighted by Crippen LogP contribution is -2.22. The summed E-state index contributed by atoms with van der Waals surface area (Å²) in [5.74, 6) is 0.970. The predicted molar refractivity (Wildman–Crippen MR) is 81.4 cm³/mol. The zero-order valence-electron chi connectivity index (χ0n) is 11.5. The third kappa shape index (κ3) is 6.41. The summed E-state index contributed by atoms with van der Waals surface area (Å²) in [4.78, 5) is 0. The summed E-state index contributed by atoms with van der Waals surface area (Å²) in [7, 11) is 0. The zero-order chi connectivity index (χ0) is 13.2. The van der Waals surface area contributed by atoms with Crippen LogP contribution < -0.4 is 10.1 Å². The number of nitrogens with one attached hydrogen (secondary N) is 1. The van der Waals surface area contributed by atoms with Crippen LogP contribution in [0.3, 0.4) is 0 Å². The molecule has 1 rings (SSSR count). The monoisotopic (exact) mass is 313 g/mol. The Bertz CT molecular complexity index is 341. The Labute approximate surface area is 119 Å². The fourth-order valence-electron chi connectivity index (χ4n) is 1.76. The average molecular weight is 314 g/mol. The van der Waals surface area contributed by atoms with Crippen molar-refractivity contribution in [3.05, 3.63) is 28.2 Å². The van der Waals surface area contributed by atoms with Gasteiger partial charge in [-0.15, -0.1) is 0 Å². The molecule has 0 unspecified atom stereocenters. The van der Waals surface area contributed by atoms with Crippen molar-refractivity contribution >= 4 is 15.9 Å². The number of hydrogen-bond acceptors (Lipinski definition) is 2. The molecule has 0 saturated carbocycles. The van der Waals surface area contributed by atoms with Crippen LogP contribution in [-0.2, 0) is 0 Å². The van der Waals surface area contributed by atoms with Gasteiger partial charge in [-0.1, -0.05) is 48.2 Å². The Kier molecular flexibility index (Phi) is 8.10. The van der Waals surface area contributed by atoms with Gasteiger partial charge in [0.2, 0.25) is 0 Å². The minimum absolute atomic E-state index is 0.727. The molecule has 2 nitrogen and oxygen atoms in total. The predicted octanol–water partition coefficient (Wildman–Crippen LogP) is 4.31. The summed E-state index contributed by atoms with van der Waals surface area (Å²) in [6, 6.07) is 6.13. The fraction of sp³-hybridized carbons (Fsp3) is 0.600. The van der Waals surface area contributed by atoms with Gasteiger partial charge in [-0.05, 0) is 37.6 Å². The van der Waals surface area contributed by atoms with Crippen LogP contribution in [0.15, 0.2) is 22.7 Å². The van der Waals surface area contributed by atoms with E-state index in [4.69, 9.17) is 4.74 Å². The minimum atomic E-state index is 0.727. The second-order valence-electron chi connectivity index (χ2n) is 4.57. The highest BCUT2D eigenvalue weighted by Gasteiger charge is 1.99. The molecule has 0 atom stereocenters. The van der Waals surface area contributed by atoms with E-state index in [2.05, 4.69) is 41.2 Å². The molecule has 102 valence electrons. The number of rotatable bonds is 9. The van der Waals surface area contributed by atoms with E-state index in [1.54, 1.807) is 0 Å². The van der Waals surface area contributed by atoms with Gasteiger partial charge in [-0.2, -0.15) is 0 Å². The lowest BCUT2D eigenvalue weighted by molar-refractivity contribution is 0.311. The maximum Gasteiger partial charge on any atom is 0.123 e. The van der Waals surface area contributed by atoms with Crippen LogP contribution in [0.4, 0.5) is 0 Å². The molecule has 0 spiro atoms. The van der Waals surface area contributed by atoms with Crippen LogP contribution >= 0.6 is 15.9 Å². The van der Waals surface area contributed by atoms with E-state index < -0.39 is 0 Å². The van der Waals surface area contributed by atoms with E-state index in [1.807, 2.05) is 12.1 Å². The highest BCUT2D eigenvalue weighted by Crippen LogP contribution is 2.22. The van der Waals surface area contributed by atoms with Gasteiger partial charge in [0, 0.05) is 11.0 Å². The second kappa shape index (κ2) is 9.40. The van der Waals surface area contributed by atoms with Crippen LogP contribution in [0.2, 0.25) is 0 Å². The van der Waals surface area contributed by atoms with Crippen LogP contribution in [0.25, 0.3) is 0 Å². The normalized spacial score (nSPS) is 10.6. The van der Waals surface area contributed by atoms with Gasteiger partial charge < -0.3 is 10.1 Å². The number of benzene rings is 1. The lowest BCUT2D eigenvalue weighted by Gasteiger charge is -2.10. The second-order valence-corrected chi connectivity index (χ2v) is 5.48. The molecule has 0 saturated heterocycles. The molecule has 0 aliphatic carbocycles. The van der Waals surface area contributed by atoms with Crippen molar-refractivity contribution in [3.8, 4) is 5.75 Å². The van der Waals surface area contributed by atoms with E-state index in [0.717, 1.165) is 29.9 Å². The molecule has 1 aromatic rings. The van der Waals surface area contributed by atoms with Gasteiger partial charge in [0.25, 0.3) is 0 Å². The Hall–Kier alpha value is -0.540. The van der Waals surface area contributed by atoms with Crippen molar-refractivity contribution in [2.24, 2.45) is 0 Å². The topological polar surface area (TPSA) is 21.3 Å². The molecule has 0 heterocycles. The number of hydrogen-bond donors (Lipinski definition) is 1. The quantitative estimate of drug-likeness (QED) is 0.686. The van der Waals surface area contributed by atoms with Gasteiger partial charge in [-0.25, -0.2) is 0 Å². The van der Waals surface area contributed by atoms with E-state index in [1.165, 1.54) is 31.2 Å². The Balaban J connectivity index is 2.09. The first-order chi connectivity index (χ1) is 8.74. The maximum absolute atomic E-state index is 5.75. The molecular formula is C15H24BrNO. The summed E-state index contributed by atoms with van der Waals surface area (Å²) in [5, 5.41) is 3.41. The van der Waals surface area contributed by atoms with E-state index in [-0.39, 0.29) is 0 Å². The lowest BCUT2D eigenvalue weighted by atomic mass is 10.2. The summed E-state index contributed by atoms with van der Waals surface area (Å²) in [5.41, 5.74) is 1.18. The first kappa shape index (κ1) is 15.5. The van der Waals surface area contributed by atoms with Crippen LogP contribution in [-0.4, -0.2) is 19.7 Å². The first-order valence-electron chi connectivity index (χ1n) is 6.83. The van der Waals surface area contributed by atoms with Gasteiger partial charge in [0.15, 0.2) is 0 Å². The Morgan fingerprint density at radius 2 is 2.00 bits per heavy atom. The molecule has 18 heavy (non-hydrogen) atoms. The summed E-state index contributed by atoms with van der Waals surface area (Å²) in [6.07, 6.45) is 5.24. The van der Waals surface area contributed by atoms with Crippen molar-refractivity contribution in [1.29, 1.82) is 0 Å². The molecule has 0 aliphatic rings. The van der Waals surface area contributed by atoms with E-state index >= 15 is 0 Å². The standard InChI is InChI=1S/C15H24BrNO/c1-3-4-5-6-9-17-10-11-18-15-12-14(16)8-7-13(15)2/h7-8,12,17H,3-6,9-11H2,1-2H3. The highest BCUT2D eigenvalue weighted by atomic mass is 79.9. The third-order valence-corrected chi connectivity index (χ3v) is 3.39. The van der Waals surface area contributed by atoms with Gasteiger partial charge in [-0.3, -0.25) is 0 Å². The summed E-state index contributed by atoms with van der Waals surface area (Å²) in [6.45, 7) is 7.05. The van der Waals surface area contributed by atoms with E-state index in [9.17, 15) is 0 Å². The smallest absolute Gasteiger partial charge is 0.123 e. The number of ether oxygens (including phenoxy) is 1. The summed E-state index contributed by atoms with van der Waals surface area (Å²) < 4.78 is 6.82. The first-order valence-corrected chi connectivity index (χ1v) is 7.63. The SMILES string of the molecule is CCCCCCNCCOc1cc(Br)ccc1C. The molecule has 1 N–H and O–H groups in total. The third-order valence-electron chi connectivity index (χ3n) is 2.89. The molecule has 0 amide bonds. The maximum atomic E-state index is 5.75. The van der Waals surface area contributed by atoms with Crippen molar-refractivity contribution in [2.45, 2.75) is 39.5 Å².